The van der Waals surface area contributed by atoms with Crippen molar-refractivity contribution < 1.29 is 14.6 Å². The highest BCUT2D eigenvalue weighted by atomic mass is 16.5. The summed E-state index contributed by atoms with van der Waals surface area (Å²) in [4.78, 5) is 30.1. The van der Waals surface area contributed by atoms with Crippen molar-refractivity contribution in [1.82, 2.24) is 4.57 Å². The molecule has 0 unspecified atom stereocenters. The predicted molar refractivity (Wildman–Crippen MR) is 140 cm³/mol. The minimum Gasteiger partial charge on any atom is -0.494 e. The minimum atomic E-state index is -0.445. The number of hydrogen-bond donors (Lipinski definition) is 1. The van der Waals surface area contributed by atoms with Crippen LogP contribution in [-0.4, -0.2) is 28.5 Å². The Balaban J connectivity index is 1.88. The second kappa shape index (κ2) is 9.58. The summed E-state index contributed by atoms with van der Waals surface area (Å²) in [5, 5.41) is 12.3. The zero-order chi connectivity index (χ0) is 25.2. The number of carbonyl (C=O) groups is 1. The van der Waals surface area contributed by atoms with Crippen LogP contribution in [0.1, 0.15) is 49.2 Å². The predicted octanol–water partition coefficient (Wildman–Crippen LogP) is 5.92. The van der Waals surface area contributed by atoms with Crippen LogP contribution in [0.25, 0.3) is 16.5 Å². The monoisotopic (exact) mass is 468 g/mol. The van der Waals surface area contributed by atoms with Crippen LogP contribution >= 0.6 is 0 Å². The molecule has 0 atom stereocenters. The number of aromatic hydroxyl groups is 1. The lowest BCUT2D eigenvalue weighted by Crippen LogP contribution is -2.20. The van der Waals surface area contributed by atoms with E-state index in [4.69, 9.17) is 9.73 Å². The number of benzene rings is 3. The first kappa shape index (κ1) is 24.0. The average molecular weight is 469 g/mol. The quantitative estimate of drug-likeness (QED) is 0.291. The van der Waals surface area contributed by atoms with Gasteiger partial charge < -0.3 is 9.84 Å². The fourth-order valence-electron chi connectivity index (χ4n) is 4.04. The van der Waals surface area contributed by atoms with Gasteiger partial charge in [-0.2, -0.15) is 0 Å². The largest absolute Gasteiger partial charge is 0.494 e. The SMILES string of the molecule is CCOC(=O)c1ccc(-n2c(O)c(C=Nc3ccccc3C(C)(C)C)c3ccccc3c2=O)cc1. The summed E-state index contributed by atoms with van der Waals surface area (Å²) in [5.41, 5.74) is 2.61. The van der Waals surface area contributed by atoms with Crippen molar-refractivity contribution in [1.29, 1.82) is 0 Å². The number of aromatic nitrogens is 1. The van der Waals surface area contributed by atoms with Crippen molar-refractivity contribution in [2.45, 2.75) is 33.1 Å². The fourth-order valence-corrected chi connectivity index (χ4v) is 4.04. The van der Waals surface area contributed by atoms with Crippen LogP contribution in [0.4, 0.5) is 5.69 Å². The topological polar surface area (TPSA) is 80.9 Å². The molecule has 1 aromatic heterocycles. The zero-order valence-corrected chi connectivity index (χ0v) is 20.3. The van der Waals surface area contributed by atoms with Crippen LogP contribution in [0, 0.1) is 0 Å². The minimum absolute atomic E-state index is 0.114. The Morgan fingerprint density at radius 1 is 0.971 bits per heavy atom. The van der Waals surface area contributed by atoms with Crippen molar-refractivity contribution in [2.24, 2.45) is 4.99 Å². The molecule has 1 N–H and O–H groups in total. The van der Waals surface area contributed by atoms with Gasteiger partial charge in [0.25, 0.3) is 5.56 Å². The summed E-state index contributed by atoms with van der Waals surface area (Å²) in [6.07, 6.45) is 1.60. The molecule has 4 aromatic rings. The molecule has 0 aliphatic carbocycles. The summed E-state index contributed by atoms with van der Waals surface area (Å²) in [5.74, 6) is -0.672. The van der Waals surface area contributed by atoms with Crippen molar-refractivity contribution in [2.75, 3.05) is 6.61 Å². The Bertz CT molecular complexity index is 1480. The van der Waals surface area contributed by atoms with Gasteiger partial charge in [-0.25, -0.2) is 9.36 Å². The summed E-state index contributed by atoms with van der Waals surface area (Å²) < 4.78 is 6.26. The fraction of sp³-hybridized carbons (Fsp3) is 0.207. The molecular formula is C29H28N2O4. The maximum Gasteiger partial charge on any atom is 0.338 e. The van der Waals surface area contributed by atoms with Gasteiger partial charge in [-0.3, -0.25) is 9.79 Å². The van der Waals surface area contributed by atoms with Gasteiger partial charge in [0.1, 0.15) is 0 Å². The zero-order valence-electron chi connectivity index (χ0n) is 20.3. The number of esters is 1. The van der Waals surface area contributed by atoms with Crippen LogP contribution in [0.3, 0.4) is 0 Å². The second-order valence-electron chi connectivity index (χ2n) is 9.22. The molecule has 0 saturated heterocycles. The molecule has 0 amide bonds. The maximum absolute atomic E-state index is 13.3. The third-order valence-electron chi connectivity index (χ3n) is 5.78. The van der Waals surface area contributed by atoms with E-state index in [9.17, 15) is 14.7 Å². The Morgan fingerprint density at radius 3 is 2.26 bits per heavy atom. The van der Waals surface area contributed by atoms with Gasteiger partial charge in [0.05, 0.1) is 29.1 Å². The molecule has 3 aromatic carbocycles. The first-order valence-electron chi connectivity index (χ1n) is 11.5. The van der Waals surface area contributed by atoms with E-state index < -0.39 is 5.97 Å². The van der Waals surface area contributed by atoms with Crippen LogP contribution in [-0.2, 0) is 10.2 Å². The molecule has 35 heavy (non-hydrogen) atoms. The van der Waals surface area contributed by atoms with Crippen molar-refractivity contribution >= 4 is 28.6 Å². The lowest BCUT2D eigenvalue weighted by atomic mass is 9.86. The summed E-state index contributed by atoms with van der Waals surface area (Å²) >= 11 is 0. The van der Waals surface area contributed by atoms with Gasteiger partial charge in [0.2, 0.25) is 5.88 Å². The molecule has 178 valence electrons. The first-order valence-corrected chi connectivity index (χ1v) is 11.5. The van der Waals surface area contributed by atoms with Crippen molar-refractivity contribution in [3.05, 3.63) is 99.8 Å². The molecule has 0 fully saturated rings. The van der Waals surface area contributed by atoms with Gasteiger partial charge in [-0.1, -0.05) is 57.2 Å². The molecular weight excluding hydrogens is 440 g/mol. The molecule has 0 radical (unpaired) electrons. The molecule has 0 bridgehead atoms. The first-order chi connectivity index (χ1) is 16.7. The number of aliphatic imine (C=N–C) groups is 1. The van der Waals surface area contributed by atoms with E-state index in [2.05, 4.69) is 20.8 Å². The van der Waals surface area contributed by atoms with Gasteiger partial charge in [-0.15, -0.1) is 0 Å². The van der Waals surface area contributed by atoms with Crippen LogP contribution < -0.4 is 5.56 Å². The van der Waals surface area contributed by atoms with Gasteiger partial charge in [0, 0.05) is 17.0 Å². The van der Waals surface area contributed by atoms with Crippen LogP contribution in [0.15, 0.2) is 82.6 Å². The Morgan fingerprint density at radius 2 is 1.60 bits per heavy atom. The van der Waals surface area contributed by atoms with Crippen LogP contribution in [0.5, 0.6) is 5.88 Å². The highest BCUT2D eigenvalue weighted by Gasteiger charge is 2.19. The number of fused-ring (bicyclic) bond motifs is 1. The standard InChI is InChI=1S/C29H28N2O4/c1-5-35-28(34)19-14-16-20(17-15-19)31-26(32)22-11-7-6-10-21(22)23(27(31)33)18-30-25-13-9-8-12-24(25)29(2,3)4/h6-18,33H,5H2,1-4H3. The van der Waals surface area contributed by atoms with E-state index in [-0.39, 0.29) is 23.5 Å². The molecule has 0 spiro atoms. The summed E-state index contributed by atoms with van der Waals surface area (Å²) in [7, 11) is 0. The maximum atomic E-state index is 13.3. The molecule has 0 saturated carbocycles. The molecule has 4 rings (SSSR count). The molecule has 6 heteroatoms. The number of nitrogens with zero attached hydrogens (tertiary/aromatic N) is 2. The highest BCUT2D eigenvalue weighted by molar-refractivity contribution is 6.02. The van der Waals surface area contributed by atoms with Crippen molar-refractivity contribution in [3.8, 4) is 11.6 Å². The van der Waals surface area contributed by atoms with E-state index in [0.29, 0.717) is 27.6 Å². The Labute approximate surface area is 204 Å². The number of rotatable bonds is 5. The Kier molecular flexibility index (Phi) is 6.56. The smallest absolute Gasteiger partial charge is 0.338 e. The third kappa shape index (κ3) is 4.73. The lowest BCUT2D eigenvalue weighted by molar-refractivity contribution is 0.0526. The van der Waals surface area contributed by atoms with Gasteiger partial charge in [0.15, 0.2) is 0 Å². The van der Waals surface area contributed by atoms with E-state index >= 15 is 0 Å². The Hall–Kier alpha value is -4.19. The summed E-state index contributed by atoms with van der Waals surface area (Å²) in [6, 6.07) is 21.3. The van der Waals surface area contributed by atoms with E-state index in [1.165, 1.54) is 4.57 Å². The molecule has 1 heterocycles. The number of para-hydroxylation sites is 1. The lowest BCUT2D eigenvalue weighted by Gasteiger charge is -2.21. The second-order valence-corrected chi connectivity index (χ2v) is 9.22. The number of hydrogen-bond acceptors (Lipinski definition) is 5. The molecule has 0 aliphatic rings. The van der Waals surface area contributed by atoms with Gasteiger partial charge in [-0.05, 0) is 54.3 Å². The van der Waals surface area contributed by atoms with Crippen molar-refractivity contribution in [3.63, 3.8) is 0 Å². The third-order valence-corrected chi connectivity index (χ3v) is 5.78. The molecule has 0 aliphatic heterocycles. The normalized spacial score (nSPS) is 11.8. The average Bonchev–Trinajstić information content (AvgIpc) is 2.84. The number of ether oxygens (including phenoxy) is 1. The van der Waals surface area contributed by atoms with E-state index in [1.54, 1.807) is 55.6 Å². The molecule has 6 nitrogen and oxygen atoms in total. The van der Waals surface area contributed by atoms with E-state index in [0.717, 1.165) is 11.3 Å². The highest BCUT2D eigenvalue weighted by Crippen LogP contribution is 2.32. The number of carbonyl (C=O) groups excluding carboxylic acids is 1. The van der Waals surface area contributed by atoms with E-state index in [1.807, 2.05) is 30.3 Å². The van der Waals surface area contributed by atoms with Gasteiger partial charge >= 0.3 is 5.97 Å². The summed E-state index contributed by atoms with van der Waals surface area (Å²) in [6.45, 7) is 8.37. The number of pyridine rings is 1. The van der Waals surface area contributed by atoms with Crippen LogP contribution in [0.2, 0.25) is 0 Å².